The zero-order valence-electron chi connectivity index (χ0n) is 29.2. The van der Waals surface area contributed by atoms with Crippen LogP contribution in [0, 0.1) is 0 Å². The second-order valence-electron chi connectivity index (χ2n) is 8.99. The van der Waals surface area contributed by atoms with Gasteiger partial charge in [-0.2, -0.15) is 0 Å². The van der Waals surface area contributed by atoms with Crippen LogP contribution in [-0.2, 0) is 19.0 Å². The average Bonchev–Trinajstić information content (AvgIpc) is 3.03. The molecule has 0 radical (unpaired) electrons. The number of likely N-dealkylation sites (N-methyl/N-ethyl adjacent to an activating group) is 1. The number of guanidine groups is 1. The topological polar surface area (TPSA) is 126 Å². The number of hydrogen-bond acceptors (Lipinski definition) is 8. The molecule has 0 aromatic carbocycles. The third-order valence-electron chi connectivity index (χ3n) is 5.76. The van der Waals surface area contributed by atoms with E-state index >= 15 is 0 Å². The van der Waals surface area contributed by atoms with Crippen molar-refractivity contribution in [3.05, 3.63) is 60.4 Å². The average molecular weight is 620 g/mol. The Labute approximate surface area is 268 Å². The standard InChI is InChI=1S/C24H38N6O2.C4H9NO.C3H8O.C2H6/c1-8-20(12-10-11-13-23(32-7)22(9-2)31-6)28-21(19(3)27-24(25)26-4)18-30-16-14-29(5)15-17-30;1-3-5-4(2)6;1-3-4-2;1-2/h8-9,11,13H,1-2,4,10,12,14-18H2,3,5-7H3,(H2,25,27);3H2,1-2H3,(H,5,6);3H2,1-2H3;1-2H3/b13-11?,21-19+,23-22-,28-20?;;;. The van der Waals surface area contributed by atoms with Crippen LogP contribution in [0.15, 0.2) is 75.4 Å². The number of carbonyl (C=O) groups is 1. The van der Waals surface area contributed by atoms with Crippen LogP contribution in [0.4, 0.5) is 0 Å². The van der Waals surface area contributed by atoms with Gasteiger partial charge in [0, 0.05) is 65.6 Å². The lowest BCUT2D eigenvalue weighted by molar-refractivity contribution is -0.118. The molecule has 1 rings (SSSR count). The van der Waals surface area contributed by atoms with Crippen LogP contribution in [0.1, 0.15) is 54.4 Å². The van der Waals surface area contributed by atoms with Crippen LogP contribution in [0.2, 0.25) is 0 Å². The van der Waals surface area contributed by atoms with Crippen molar-refractivity contribution in [2.24, 2.45) is 20.7 Å². The maximum Gasteiger partial charge on any atom is 0.219 e. The van der Waals surface area contributed by atoms with Crippen molar-refractivity contribution in [2.45, 2.75) is 54.4 Å². The molecule has 1 saturated heterocycles. The third kappa shape index (κ3) is 24.0. The molecule has 3 N–H and O–H groups in total. The number of nitrogens with one attached hydrogen (secondary N) is 1. The summed E-state index contributed by atoms with van der Waals surface area (Å²) in [5.74, 6) is 1.37. The number of ether oxygens (including phenoxy) is 3. The summed E-state index contributed by atoms with van der Waals surface area (Å²) < 4.78 is 15.1. The molecule has 1 fully saturated rings. The molecule has 1 heterocycles. The molecule has 1 aliphatic heterocycles. The normalized spacial score (nSPS) is 15.0. The van der Waals surface area contributed by atoms with E-state index in [4.69, 9.17) is 20.2 Å². The van der Waals surface area contributed by atoms with E-state index in [9.17, 15) is 4.79 Å². The van der Waals surface area contributed by atoms with Crippen molar-refractivity contribution in [1.82, 2.24) is 15.1 Å². The molecule has 0 aromatic rings. The molecule has 11 heteroatoms. The molecule has 11 nitrogen and oxygen atoms in total. The van der Waals surface area contributed by atoms with Crippen LogP contribution < -0.4 is 11.1 Å². The summed E-state index contributed by atoms with van der Waals surface area (Å²) in [4.78, 5) is 27.5. The van der Waals surface area contributed by atoms with E-state index in [-0.39, 0.29) is 11.9 Å². The second-order valence-corrected chi connectivity index (χ2v) is 8.99. The molecule has 44 heavy (non-hydrogen) atoms. The van der Waals surface area contributed by atoms with Gasteiger partial charge in [-0.25, -0.2) is 9.98 Å². The number of allylic oxidation sites excluding steroid dienone is 5. The molecule has 1 amide bonds. The van der Waals surface area contributed by atoms with Gasteiger partial charge >= 0.3 is 0 Å². The summed E-state index contributed by atoms with van der Waals surface area (Å²) in [5.41, 5.74) is 8.22. The molecular weight excluding hydrogens is 558 g/mol. The summed E-state index contributed by atoms with van der Waals surface area (Å²) >= 11 is 0. The highest BCUT2D eigenvalue weighted by Crippen LogP contribution is 2.15. The number of nitrogens with zero attached hydrogens (tertiary/aromatic N) is 5. The predicted octanol–water partition coefficient (Wildman–Crippen LogP) is 4.96. The number of hydrogen-bond donors (Lipinski definition) is 2. The van der Waals surface area contributed by atoms with Gasteiger partial charge in [-0.1, -0.05) is 33.1 Å². The fourth-order valence-electron chi connectivity index (χ4n) is 3.30. The lowest BCUT2D eigenvalue weighted by atomic mass is 10.1. The Balaban J connectivity index is -0.00000119. The second kappa shape index (κ2) is 30.9. The predicted molar refractivity (Wildman–Crippen MR) is 188 cm³/mol. The lowest BCUT2D eigenvalue weighted by Gasteiger charge is -2.32. The Morgan fingerprint density at radius 3 is 1.93 bits per heavy atom. The van der Waals surface area contributed by atoms with Gasteiger partial charge in [0.1, 0.15) is 0 Å². The molecule has 0 saturated carbocycles. The fourth-order valence-corrected chi connectivity index (χ4v) is 3.30. The number of methoxy groups -OCH3 is 3. The van der Waals surface area contributed by atoms with Gasteiger partial charge in [-0.15, -0.1) is 0 Å². The van der Waals surface area contributed by atoms with E-state index in [1.165, 1.54) is 6.92 Å². The van der Waals surface area contributed by atoms with Gasteiger partial charge in [-0.05, 0) is 65.6 Å². The van der Waals surface area contributed by atoms with Crippen molar-refractivity contribution in [2.75, 3.05) is 74.3 Å². The minimum Gasteiger partial charge on any atom is -0.493 e. The van der Waals surface area contributed by atoms with E-state index in [2.05, 4.69) is 56.8 Å². The molecule has 1 aliphatic rings. The Kier molecular flexibility index (Phi) is 31.5. The number of rotatable bonds is 14. The van der Waals surface area contributed by atoms with Crippen LogP contribution in [-0.4, -0.2) is 108 Å². The quantitative estimate of drug-likeness (QED) is 0.122. The number of nitrogens with two attached hydrogens (primary N) is 1. The molecule has 252 valence electrons. The molecule has 0 unspecified atom stereocenters. The first kappa shape index (κ1) is 44.9. The highest BCUT2D eigenvalue weighted by molar-refractivity contribution is 5.95. The fraction of sp³-hybridized carbons (Fsp3) is 0.576. The van der Waals surface area contributed by atoms with Crippen molar-refractivity contribution in [1.29, 1.82) is 0 Å². The minimum atomic E-state index is 0.0394. The van der Waals surface area contributed by atoms with Crippen LogP contribution in [0.25, 0.3) is 0 Å². The van der Waals surface area contributed by atoms with Gasteiger partial charge in [0.2, 0.25) is 11.9 Å². The summed E-state index contributed by atoms with van der Waals surface area (Å²) in [6.45, 7) is 28.6. The van der Waals surface area contributed by atoms with Crippen molar-refractivity contribution >= 4 is 24.3 Å². The van der Waals surface area contributed by atoms with E-state index in [0.29, 0.717) is 24.5 Å². The maximum atomic E-state index is 9.93. The first-order valence-corrected chi connectivity index (χ1v) is 15.0. The highest BCUT2D eigenvalue weighted by Gasteiger charge is 2.16. The first-order valence-electron chi connectivity index (χ1n) is 15.0. The summed E-state index contributed by atoms with van der Waals surface area (Å²) in [7, 11) is 7.00. The molecule has 0 bridgehead atoms. The van der Waals surface area contributed by atoms with Crippen LogP contribution in [0.3, 0.4) is 0 Å². The van der Waals surface area contributed by atoms with E-state index in [1.54, 1.807) is 33.5 Å². The van der Waals surface area contributed by atoms with Crippen LogP contribution >= 0.6 is 0 Å². The Bertz CT molecular complexity index is 959. The molecule has 0 aliphatic carbocycles. The Morgan fingerprint density at radius 1 is 0.977 bits per heavy atom. The summed E-state index contributed by atoms with van der Waals surface area (Å²) in [6, 6.07) is 0. The van der Waals surface area contributed by atoms with Gasteiger partial charge < -0.3 is 30.2 Å². The van der Waals surface area contributed by atoms with Crippen molar-refractivity contribution < 1.29 is 19.0 Å². The number of carbonyl (C=O) groups excluding carboxylic acids is 1. The molecular formula is C33H61N7O4. The molecule has 0 atom stereocenters. The Morgan fingerprint density at radius 2 is 1.55 bits per heavy atom. The zero-order valence-corrected chi connectivity index (χ0v) is 29.2. The number of aliphatic imine (C=N–C) groups is 3. The largest absolute Gasteiger partial charge is 0.493 e. The smallest absolute Gasteiger partial charge is 0.219 e. The summed E-state index contributed by atoms with van der Waals surface area (Å²) in [5, 5.41) is 2.57. The number of piperazine rings is 1. The SMILES string of the molecule is C=CC(CCC=C/C(OC)=C(\C=C)OC)=N/C(CN1CCN(C)CC1)=C(\C)N=C(N)N=C.CC.CCNC(C)=O.CCOC. The summed E-state index contributed by atoms with van der Waals surface area (Å²) in [6.07, 6.45) is 8.74. The lowest BCUT2D eigenvalue weighted by Crippen LogP contribution is -2.45. The van der Waals surface area contributed by atoms with Gasteiger partial charge in [-0.3, -0.25) is 14.7 Å². The first-order chi connectivity index (χ1) is 21.1. The zero-order chi connectivity index (χ0) is 34.3. The van der Waals surface area contributed by atoms with E-state index in [1.807, 2.05) is 46.8 Å². The Hall–Kier alpha value is -3.54. The molecule has 0 spiro atoms. The minimum absolute atomic E-state index is 0.0394. The monoisotopic (exact) mass is 619 g/mol. The highest BCUT2D eigenvalue weighted by atomic mass is 16.5. The third-order valence-corrected chi connectivity index (χ3v) is 5.76. The van der Waals surface area contributed by atoms with Gasteiger partial charge in [0.05, 0.1) is 25.6 Å². The van der Waals surface area contributed by atoms with Crippen molar-refractivity contribution in [3.8, 4) is 0 Å². The van der Waals surface area contributed by atoms with Gasteiger partial charge in [0.25, 0.3) is 0 Å². The van der Waals surface area contributed by atoms with Gasteiger partial charge in [0.15, 0.2) is 11.5 Å². The van der Waals surface area contributed by atoms with Crippen molar-refractivity contribution in [3.63, 3.8) is 0 Å². The van der Waals surface area contributed by atoms with Crippen LogP contribution in [0.5, 0.6) is 0 Å². The van der Waals surface area contributed by atoms with E-state index < -0.39 is 0 Å². The number of amides is 1. The maximum absolute atomic E-state index is 9.93. The van der Waals surface area contributed by atoms with E-state index in [0.717, 1.165) is 62.9 Å². The molecule has 0 aromatic heterocycles.